The van der Waals surface area contributed by atoms with Gasteiger partial charge in [-0.25, -0.2) is 14.4 Å². The molecule has 0 saturated heterocycles. The van der Waals surface area contributed by atoms with Crippen molar-refractivity contribution in [2.24, 2.45) is 0 Å². The summed E-state index contributed by atoms with van der Waals surface area (Å²) in [5.41, 5.74) is -0.544. The molecule has 6 nitrogen and oxygen atoms in total. The van der Waals surface area contributed by atoms with Gasteiger partial charge in [-0.15, -0.1) is 0 Å². The van der Waals surface area contributed by atoms with E-state index in [-0.39, 0.29) is 5.56 Å². The van der Waals surface area contributed by atoms with E-state index in [2.05, 4.69) is 14.5 Å². The van der Waals surface area contributed by atoms with Crippen LogP contribution in [0.3, 0.4) is 0 Å². The molecule has 1 heterocycles. The number of pyridine rings is 1. The molecule has 0 N–H and O–H groups in total. The van der Waals surface area contributed by atoms with Gasteiger partial charge in [-0.1, -0.05) is 12.1 Å². The highest BCUT2D eigenvalue weighted by molar-refractivity contribution is 6.01. The summed E-state index contributed by atoms with van der Waals surface area (Å²) in [6.07, 6.45) is -8.29. The third-order valence-electron chi connectivity index (χ3n) is 3.05. The van der Waals surface area contributed by atoms with Gasteiger partial charge in [-0.2, -0.15) is 26.3 Å². The van der Waals surface area contributed by atoms with Crippen LogP contribution in [0.1, 0.15) is 10.4 Å². The SMILES string of the molecule is O=C(OC(=O)C(F)(F)F)c1ccc(-c2cccnc2)cc1OC(=O)C(F)(F)F. The molecule has 1 aromatic carbocycles. The first kappa shape index (κ1) is 20.9. The number of hydrogen-bond donors (Lipinski definition) is 0. The fourth-order valence-corrected chi connectivity index (χ4v) is 1.84. The van der Waals surface area contributed by atoms with Gasteiger partial charge in [0.15, 0.2) is 0 Å². The Balaban J connectivity index is 2.45. The Morgan fingerprint density at radius 2 is 1.50 bits per heavy atom. The van der Waals surface area contributed by atoms with E-state index in [9.17, 15) is 40.7 Å². The van der Waals surface area contributed by atoms with Crippen molar-refractivity contribution >= 4 is 17.9 Å². The molecule has 0 aliphatic heterocycles. The van der Waals surface area contributed by atoms with Gasteiger partial charge in [0.05, 0.1) is 0 Å². The number of hydrogen-bond acceptors (Lipinski definition) is 6. The summed E-state index contributed by atoms with van der Waals surface area (Å²) in [6.45, 7) is 0. The maximum absolute atomic E-state index is 12.5. The molecular formula is C16H7F6NO5. The molecule has 0 radical (unpaired) electrons. The Bertz CT molecular complexity index is 908. The predicted molar refractivity (Wildman–Crippen MR) is 77.8 cm³/mol. The number of rotatable bonds is 3. The van der Waals surface area contributed by atoms with Crippen LogP contribution in [0.2, 0.25) is 0 Å². The van der Waals surface area contributed by atoms with Crippen LogP contribution >= 0.6 is 0 Å². The Morgan fingerprint density at radius 3 is 2.04 bits per heavy atom. The van der Waals surface area contributed by atoms with E-state index in [0.717, 1.165) is 18.2 Å². The molecule has 2 rings (SSSR count). The smallest absolute Gasteiger partial charge is 0.419 e. The fourth-order valence-electron chi connectivity index (χ4n) is 1.84. The van der Waals surface area contributed by atoms with Crippen LogP contribution in [-0.2, 0) is 14.3 Å². The minimum absolute atomic E-state index is 0.122. The second-order valence-electron chi connectivity index (χ2n) is 5.01. The second kappa shape index (κ2) is 7.66. The number of esters is 3. The number of carbonyl (C=O) groups is 3. The summed E-state index contributed by atoms with van der Waals surface area (Å²) in [5, 5.41) is 0. The molecule has 148 valence electrons. The Labute approximate surface area is 151 Å². The van der Waals surface area contributed by atoms with E-state index in [4.69, 9.17) is 0 Å². The van der Waals surface area contributed by atoms with Gasteiger partial charge in [-0.05, 0) is 23.8 Å². The van der Waals surface area contributed by atoms with Gasteiger partial charge >= 0.3 is 30.3 Å². The van der Waals surface area contributed by atoms with Crippen molar-refractivity contribution in [3.05, 3.63) is 48.3 Å². The Morgan fingerprint density at radius 1 is 0.857 bits per heavy atom. The predicted octanol–water partition coefficient (Wildman–Crippen LogP) is 3.46. The number of ether oxygens (including phenoxy) is 2. The van der Waals surface area contributed by atoms with Crippen LogP contribution in [-0.4, -0.2) is 35.2 Å². The lowest BCUT2D eigenvalue weighted by molar-refractivity contribution is -0.193. The Kier molecular flexibility index (Phi) is 5.71. The summed E-state index contributed by atoms with van der Waals surface area (Å²) < 4.78 is 81.6. The molecule has 0 unspecified atom stereocenters. The van der Waals surface area contributed by atoms with E-state index < -0.39 is 41.6 Å². The van der Waals surface area contributed by atoms with Crippen molar-refractivity contribution < 1.29 is 50.2 Å². The fraction of sp³-hybridized carbons (Fsp3) is 0.125. The standard InChI is InChI=1S/C16H7F6NO5/c17-15(18,19)13(25)27-11-6-8(9-2-1-5-23-7-9)3-4-10(11)12(24)28-14(26)16(20,21)22/h1-7H. The minimum atomic E-state index is -5.52. The molecule has 0 aliphatic rings. The zero-order chi connectivity index (χ0) is 21.1. The summed E-state index contributed by atoms with van der Waals surface area (Å²) in [7, 11) is 0. The minimum Gasteiger partial charge on any atom is -0.419 e. The van der Waals surface area contributed by atoms with Gasteiger partial charge in [-0.3, -0.25) is 4.98 Å². The van der Waals surface area contributed by atoms with Gasteiger partial charge in [0.25, 0.3) is 0 Å². The van der Waals surface area contributed by atoms with E-state index in [0.29, 0.717) is 5.56 Å². The number of nitrogens with zero attached hydrogens (tertiary/aromatic N) is 1. The first-order valence-electron chi connectivity index (χ1n) is 7.06. The topological polar surface area (TPSA) is 82.6 Å². The zero-order valence-electron chi connectivity index (χ0n) is 13.3. The van der Waals surface area contributed by atoms with Crippen molar-refractivity contribution in [2.75, 3.05) is 0 Å². The lowest BCUT2D eigenvalue weighted by Gasteiger charge is -2.13. The maximum atomic E-state index is 12.5. The summed E-state index contributed by atoms with van der Waals surface area (Å²) in [6, 6.07) is 5.60. The maximum Gasteiger partial charge on any atom is 0.491 e. The summed E-state index contributed by atoms with van der Waals surface area (Å²) in [5.74, 6) is -8.62. The van der Waals surface area contributed by atoms with Crippen LogP contribution in [0.15, 0.2) is 42.7 Å². The van der Waals surface area contributed by atoms with Crippen molar-refractivity contribution in [3.63, 3.8) is 0 Å². The van der Waals surface area contributed by atoms with Crippen LogP contribution in [0.4, 0.5) is 26.3 Å². The van der Waals surface area contributed by atoms with Crippen LogP contribution in [0.5, 0.6) is 5.75 Å². The molecule has 0 atom stereocenters. The molecule has 0 bridgehead atoms. The monoisotopic (exact) mass is 407 g/mol. The third kappa shape index (κ3) is 5.05. The molecule has 12 heteroatoms. The molecule has 0 spiro atoms. The first-order valence-corrected chi connectivity index (χ1v) is 7.06. The van der Waals surface area contributed by atoms with Gasteiger partial charge in [0.1, 0.15) is 11.3 Å². The van der Waals surface area contributed by atoms with E-state index in [1.54, 1.807) is 0 Å². The van der Waals surface area contributed by atoms with Crippen LogP contribution in [0.25, 0.3) is 11.1 Å². The largest absolute Gasteiger partial charge is 0.491 e. The van der Waals surface area contributed by atoms with Gasteiger partial charge in [0.2, 0.25) is 0 Å². The molecular weight excluding hydrogens is 400 g/mol. The molecule has 1 aromatic heterocycles. The first-order chi connectivity index (χ1) is 12.9. The molecule has 0 fully saturated rings. The Hall–Kier alpha value is -3.44. The zero-order valence-corrected chi connectivity index (χ0v) is 13.3. The van der Waals surface area contributed by atoms with E-state index >= 15 is 0 Å². The lowest BCUT2D eigenvalue weighted by Crippen LogP contribution is -2.30. The average molecular weight is 407 g/mol. The average Bonchev–Trinajstić information content (AvgIpc) is 2.60. The van der Waals surface area contributed by atoms with Crippen molar-refractivity contribution in [2.45, 2.75) is 12.4 Å². The molecule has 28 heavy (non-hydrogen) atoms. The molecule has 0 amide bonds. The molecule has 2 aromatic rings. The number of carbonyl (C=O) groups excluding carboxylic acids is 3. The highest BCUT2D eigenvalue weighted by Gasteiger charge is 2.44. The number of benzene rings is 1. The summed E-state index contributed by atoms with van der Waals surface area (Å²) >= 11 is 0. The van der Waals surface area contributed by atoms with E-state index in [1.807, 2.05) is 0 Å². The normalized spacial score (nSPS) is 11.6. The lowest BCUT2D eigenvalue weighted by atomic mass is 10.0. The van der Waals surface area contributed by atoms with Gasteiger partial charge in [0, 0.05) is 18.0 Å². The third-order valence-corrected chi connectivity index (χ3v) is 3.05. The van der Waals surface area contributed by atoms with Crippen LogP contribution < -0.4 is 4.74 Å². The van der Waals surface area contributed by atoms with Crippen LogP contribution in [0, 0.1) is 0 Å². The molecule has 0 saturated carbocycles. The number of alkyl halides is 6. The van der Waals surface area contributed by atoms with Crippen molar-refractivity contribution in [1.29, 1.82) is 0 Å². The quantitative estimate of drug-likeness (QED) is 0.336. The van der Waals surface area contributed by atoms with Crippen molar-refractivity contribution in [1.82, 2.24) is 4.98 Å². The van der Waals surface area contributed by atoms with Gasteiger partial charge < -0.3 is 9.47 Å². The molecule has 0 aliphatic carbocycles. The second-order valence-corrected chi connectivity index (χ2v) is 5.01. The van der Waals surface area contributed by atoms with Crippen molar-refractivity contribution in [3.8, 4) is 16.9 Å². The van der Waals surface area contributed by atoms with E-state index in [1.165, 1.54) is 24.5 Å². The number of halogens is 6. The highest BCUT2D eigenvalue weighted by atomic mass is 19.4. The summed E-state index contributed by atoms with van der Waals surface area (Å²) in [4.78, 5) is 37.4. The highest BCUT2D eigenvalue weighted by Crippen LogP contribution is 2.30. The number of aromatic nitrogens is 1.